The summed E-state index contributed by atoms with van der Waals surface area (Å²) < 4.78 is 21.6. The van der Waals surface area contributed by atoms with Gasteiger partial charge in [-0.3, -0.25) is 9.88 Å². The third-order valence-corrected chi connectivity index (χ3v) is 4.47. The van der Waals surface area contributed by atoms with Crippen LogP contribution in [0.5, 0.6) is 11.5 Å². The number of aromatic nitrogens is 1. The number of pyridine rings is 1. The fourth-order valence-corrected chi connectivity index (χ4v) is 2.95. The van der Waals surface area contributed by atoms with Crippen molar-refractivity contribution in [3.05, 3.63) is 53.9 Å². The zero-order valence-electron chi connectivity index (χ0n) is 16.3. The Morgan fingerprint density at radius 1 is 1.18 bits per heavy atom. The summed E-state index contributed by atoms with van der Waals surface area (Å²) >= 11 is 0. The number of ether oxygens (including phenoxy) is 4. The Morgan fingerprint density at radius 3 is 2.64 bits per heavy atom. The smallest absolute Gasteiger partial charge is 0.343 e. The molecule has 1 aromatic heterocycles. The van der Waals surface area contributed by atoms with Gasteiger partial charge in [0, 0.05) is 25.3 Å². The molecule has 2 aromatic rings. The van der Waals surface area contributed by atoms with Gasteiger partial charge in [0.2, 0.25) is 0 Å². The van der Waals surface area contributed by atoms with Crippen LogP contribution in [0.1, 0.15) is 17.5 Å². The van der Waals surface area contributed by atoms with Crippen molar-refractivity contribution in [2.45, 2.75) is 13.0 Å². The molecule has 1 saturated heterocycles. The van der Waals surface area contributed by atoms with E-state index in [-0.39, 0.29) is 12.7 Å². The zero-order chi connectivity index (χ0) is 19.8. The van der Waals surface area contributed by atoms with Gasteiger partial charge in [-0.05, 0) is 43.3 Å². The molecule has 2 heterocycles. The quantitative estimate of drug-likeness (QED) is 0.645. The molecule has 1 unspecified atom stereocenters. The number of aryl methyl sites for hydroxylation is 1. The molecule has 1 atom stereocenters. The fourth-order valence-electron chi connectivity index (χ4n) is 2.95. The minimum Gasteiger partial charge on any atom is -0.492 e. The minimum atomic E-state index is -0.412. The minimum absolute atomic E-state index is 0.0000991. The van der Waals surface area contributed by atoms with Crippen molar-refractivity contribution in [3.63, 3.8) is 0 Å². The van der Waals surface area contributed by atoms with Crippen LogP contribution in [0.25, 0.3) is 0 Å². The summed E-state index contributed by atoms with van der Waals surface area (Å²) in [6, 6.07) is 13.2. The second-order valence-corrected chi connectivity index (χ2v) is 6.55. The lowest BCUT2D eigenvalue weighted by atomic mass is 10.2. The fraction of sp³-hybridized carbons (Fsp3) is 0.429. The van der Waals surface area contributed by atoms with Crippen molar-refractivity contribution in [2.24, 2.45) is 0 Å². The monoisotopic (exact) mass is 386 g/mol. The molecule has 0 N–H and O–H groups in total. The summed E-state index contributed by atoms with van der Waals surface area (Å²) in [4.78, 5) is 18.0. The van der Waals surface area contributed by atoms with Gasteiger partial charge >= 0.3 is 5.97 Å². The van der Waals surface area contributed by atoms with Crippen LogP contribution in [-0.4, -0.2) is 62.4 Å². The average Bonchev–Trinajstić information content (AvgIpc) is 2.73. The highest BCUT2D eigenvalue weighted by Crippen LogP contribution is 2.21. The third-order valence-electron chi connectivity index (χ3n) is 4.47. The molecule has 7 heteroatoms. The summed E-state index contributed by atoms with van der Waals surface area (Å²) in [5.74, 6) is 0.944. The Labute approximate surface area is 165 Å². The van der Waals surface area contributed by atoms with Crippen LogP contribution in [-0.2, 0) is 14.3 Å². The summed E-state index contributed by atoms with van der Waals surface area (Å²) in [5, 5.41) is 0. The van der Waals surface area contributed by atoms with Gasteiger partial charge in [0.15, 0.2) is 6.61 Å². The molecular weight excluding hydrogens is 360 g/mol. The van der Waals surface area contributed by atoms with E-state index >= 15 is 0 Å². The van der Waals surface area contributed by atoms with E-state index in [0.29, 0.717) is 19.0 Å². The van der Waals surface area contributed by atoms with E-state index in [1.165, 1.54) is 7.11 Å². The van der Waals surface area contributed by atoms with E-state index in [0.717, 1.165) is 36.8 Å². The first-order valence-electron chi connectivity index (χ1n) is 9.34. The van der Waals surface area contributed by atoms with Crippen LogP contribution in [0, 0.1) is 6.92 Å². The van der Waals surface area contributed by atoms with Crippen LogP contribution in [0.2, 0.25) is 0 Å². The number of esters is 1. The predicted molar refractivity (Wildman–Crippen MR) is 104 cm³/mol. The van der Waals surface area contributed by atoms with E-state index in [1.54, 1.807) is 12.1 Å². The van der Waals surface area contributed by atoms with Crippen LogP contribution >= 0.6 is 0 Å². The lowest BCUT2D eigenvalue weighted by Gasteiger charge is -2.32. The Kier molecular flexibility index (Phi) is 7.22. The van der Waals surface area contributed by atoms with E-state index in [9.17, 15) is 4.79 Å². The molecule has 1 fully saturated rings. The van der Waals surface area contributed by atoms with Gasteiger partial charge < -0.3 is 18.9 Å². The maximum absolute atomic E-state index is 11.1. The van der Waals surface area contributed by atoms with Crippen molar-refractivity contribution in [2.75, 3.05) is 46.6 Å². The third kappa shape index (κ3) is 5.94. The predicted octanol–water partition coefficient (Wildman–Crippen LogP) is 2.39. The number of benzene rings is 1. The molecule has 150 valence electrons. The van der Waals surface area contributed by atoms with Crippen molar-refractivity contribution in [1.82, 2.24) is 9.88 Å². The molecular formula is C21H26N2O5. The number of carbonyl (C=O) groups is 1. The van der Waals surface area contributed by atoms with Crippen molar-refractivity contribution >= 4 is 5.97 Å². The highest BCUT2D eigenvalue weighted by atomic mass is 16.6. The van der Waals surface area contributed by atoms with Crippen LogP contribution < -0.4 is 9.47 Å². The summed E-state index contributed by atoms with van der Waals surface area (Å²) in [6.45, 7) is 5.65. The largest absolute Gasteiger partial charge is 0.492 e. The second kappa shape index (κ2) is 10.1. The number of methoxy groups -OCH3 is 1. The molecule has 1 aliphatic heterocycles. The molecule has 1 aromatic carbocycles. The highest BCUT2D eigenvalue weighted by Gasteiger charge is 2.22. The molecule has 0 saturated carbocycles. The molecule has 0 amide bonds. The van der Waals surface area contributed by atoms with Crippen LogP contribution in [0.4, 0.5) is 0 Å². The maximum Gasteiger partial charge on any atom is 0.343 e. The zero-order valence-corrected chi connectivity index (χ0v) is 16.3. The standard InChI is InChI=1S/C21H26N2O5/c1-16-4-3-5-19(22-16)20-14-23(11-13-27-20)10-12-26-17-6-8-18(9-7-17)28-15-21(24)25-2/h3-9,20H,10-15H2,1-2H3. The highest BCUT2D eigenvalue weighted by molar-refractivity contribution is 5.70. The van der Waals surface area contributed by atoms with Crippen LogP contribution in [0.15, 0.2) is 42.5 Å². The first-order valence-corrected chi connectivity index (χ1v) is 9.34. The van der Waals surface area contributed by atoms with Crippen molar-refractivity contribution < 1.29 is 23.7 Å². The molecule has 28 heavy (non-hydrogen) atoms. The Hall–Kier alpha value is -2.64. The molecule has 0 radical (unpaired) electrons. The van der Waals surface area contributed by atoms with E-state index in [4.69, 9.17) is 14.2 Å². The van der Waals surface area contributed by atoms with E-state index < -0.39 is 5.97 Å². The molecule has 0 aliphatic carbocycles. The summed E-state index contributed by atoms with van der Waals surface area (Å²) in [6.07, 6.45) is -0.0000991. The maximum atomic E-state index is 11.1. The molecule has 3 rings (SSSR count). The van der Waals surface area contributed by atoms with Gasteiger partial charge in [0.25, 0.3) is 0 Å². The Bertz CT molecular complexity index is 766. The van der Waals surface area contributed by atoms with Crippen LogP contribution in [0.3, 0.4) is 0 Å². The lowest BCUT2D eigenvalue weighted by Crippen LogP contribution is -2.40. The lowest BCUT2D eigenvalue weighted by molar-refractivity contribution is -0.142. The first kappa shape index (κ1) is 20.1. The normalized spacial score (nSPS) is 17.1. The van der Waals surface area contributed by atoms with Gasteiger partial charge in [0.05, 0.1) is 19.4 Å². The van der Waals surface area contributed by atoms with Gasteiger partial charge in [-0.15, -0.1) is 0 Å². The molecule has 0 spiro atoms. The van der Waals surface area contributed by atoms with E-state index in [2.05, 4.69) is 14.6 Å². The van der Waals surface area contributed by atoms with Gasteiger partial charge in [0.1, 0.15) is 24.2 Å². The summed E-state index contributed by atoms with van der Waals surface area (Å²) in [5.41, 5.74) is 1.98. The Morgan fingerprint density at radius 2 is 1.93 bits per heavy atom. The first-order chi connectivity index (χ1) is 13.6. The summed E-state index contributed by atoms with van der Waals surface area (Å²) in [7, 11) is 1.33. The number of nitrogens with zero attached hydrogens (tertiary/aromatic N) is 2. The molecule has 0 bridgehead atoms. The Balaban J connectivity index is 1.42. The average molecular weight is 386 g/mol. The number of hydrogen-bond donors (Lipinski definition) is 0. The molecule has 7 nitrogen and oxygen atoms in total. The van der Waals surface area contributed by atoms with Crippen molar-refractivity contribution in [1.29, 1.82) is 0 Å². The number of hydrogen-bond acceptors (Lipinski definition) is 7. The van der Waals surface area contributed by atoms with Gasteiger partial charge in [-0.25, -0.2) is 4.79 Å². The number of morpholine rings is 1. The van der Waals surface area contributed by atoms with E-state index in [1.807, 2.05) is 37.3 Å². The SMILES string of the molecule is COC(=O)COc1ccc(OCCN2CCOC(c3cccc(C)n3)C2)cc1. The topological polar surface area (TPSA) is 70.1 Å². The van der Waals surface area contributed by atoms with Gasteiger partial charge in [-0.1, -0.05) is 6.07 Å². The van der Waals surface area contributed by atoms with Crippen molar-refractivity contribution in [3.8, 4) is 11.5 Å². The number of carbonyl (C=O) groups excluding carboxylic acids is 1. The van der Waals surface area contributed by atoms with Gasteiger partial charge in [-0.2, -0.15) is 0 Å². The number of rotatable bonds is 8. The second-order valence-electron chi connectivity index (χ2n) is 6.55. The molecule has 1 aliphatic rings.